The van der Waals surface area contributed by atoms with Gasteiger partial charge >= 0.3 is 0 Å². The maximum absolute atomic E-state index is 11.4. The van der Waals surface area contributed by atoms with Crippen molar-refractivity contribution in [2.75, 3.05) is 25.1 Å². The molecule has 4 rings (SSSR count). The van der Waals surface area contributed by atoms with Crippen molar-refractivity contribution in [1.82, 2.24) is 0 Å². The second kappa shape index (κ2) is 6.73. The number of hydrogen-bond acceptors (Lipinski definition) is 4. The van der Waals surface area contributed by atoms with Crippen molar-refractivity contribution in [2.45, 2.75) is 0 Å². The quantitative estimate of drug-likeness (QED) is 0.724. The lowest BCUT2D eigenvalue weighted by Crippen LogP contribution is -2.25. The van der Waals surface area contributed by atoms with E-state index in [1.54, 1.807) is 12.1 Å². The Hall–Kier alpha value is -3.21. The number of amides is 1. The van der Waals surface area contributed by atoms with Crippen LogP contribution >= 0.6 is 0 Å². The summed E-state index contributed by atoms with van der Waals surface area (Å²) in [5.41, 5.74) is 0.628. The van der Waals surface area contributed by atoms with Gasteiger partial charge in [-0.3, -0.25) is 4.79 Å². The van der Waals surface area contributed by atoms with E-state index in [2.05, 4.69) is 17.4 Å². The molecule has 0 fully saturated rings. The van der Waals surface area contributed by atoms with Gasteiger partial charge in [-0.05, 0) is 23.6 Å². The Labute approximate surface area is 145 Å². The summed E-state index contributed by atoms with van der Waals surface area (Å²) < 4.78 is 16.9. The van der Waals surface area contributed by atoms with Crippen molar-refractivity contribution < 1.29 is 19.0 Å². The number of nitrogens with one attached hydrogen (secondary N) is 1. The van der Waals surface area contributed by atoms with Gasteiger partial charge in [0.2, 0.25) is 0 Å². The van der Waals surface area contributed by atoms with Gasteiger partial charge in [0.1, 0.15) is 30.5 Å². The molecule has 1 aliphatic heterocycles. The highest BCUT2D eigenvalue weighted by atomic mass is 16.5. The van der Waals surface area contributed by atoms with E-state index in [1.165, 1.54) is 0 Å². The van der Waals surface area contributed by atoms with E-state index in [1.807, 2.05) is 36.4 Å². The molecule has 1 amide bonds. The second-order valence-corrected chi connectivity index (χ2v) is 5.67. The summed E-state index contributed by atoms with van der Waals surface area (Å²) in [6.45, 7) is 0.872. The number of carbonyl (C=O) groups excluding carboxylic acids is 1. The Bertz CT molecular complexity index is 917. The molecule has 0 bridgehead atoms. The Kier molecular flexibility index (Phi) is 4.12. The van der Waals surface area contributed by atoms with Crippen LogP contribution in [0, 0.1) is 0 Å². The van der Waals surface area contributed by atoms with E-state index < -0.39 is 0 Å². The molecular formula is C20H17NO4. The lowest BCUT2D eigenvalue weighted by Gasteiger charge is -2.18. The van der Waals surface area contributed by atoms with Crippen LogP contribution in [-0.4, -0.2) is 25.7 Å². The van der Waals surface area contributed by atoms with Crippen molar-refractivity contribution in [2.24, 2.45) is 0 Å². The number of hydrogen-bond donors (Lipinski definition) is 1. The number of benzene rings is 3. The summed E-state index contributed by atoms with van der Waals surface area (Å²) in [6.07, 6.45) is 0. The largest absolute Gasteiger partial charge is 0.490 e. The molecule has 3 aromatic carbocycles. The monoisotopic (exact) mass is 335 g/mol. The van der Waals surface area contributed by atoms with Crippen LogP contribution in [0.25, 0.3) is 10.8 Å². The predicted molar refractivity (Wildman–Crippen MR) is 95.5 cm³/mol. The molecule has 0 aromatic heterocycles. The van der Waals surface area contributed by atoms with Crippen LogP contribution in [0.1, 0.15) is 0 Å². The topological polar surface area (TPSA) is 56.8 Å². The van der Waals surface area contributed by atoms with Gasteiger partial charge in [-0.2, -0.15) is 0 Å². The van der Waals surface area contributed by atoms with Crippen molar-refractivity contribution in [3.05, 3.63) is 60.7 Å². The smallest absolute Gasteiger partial charge is 0.262 e. The lowest BCUT2D eigenvalue weighted by atomic mass is 10.1. The molecule has 0 spiro atoms. The highest BCUT2D eigenvalue weighted by Gasteiger charge is 2.16. The van der Waals surface area contributed by atoms with E-state index in [4.69, 9.17) is 14.2 Å². The SMILES string of the molecule is O=C1COc2ccc(OCCOc3cccc4ccccc34)cc2N1. The first-order valence-corrected chi connectivity index (χ1v) is 8.10. The van der Waals surface area contributed by atoms with Crippen LogP contribution < -0.4 is 19.5 Å². The van der Waals surface area contributed by atoms with Crippen molar-refractivity contribution in [1.29, 1.82) is 0 Å². The molecule has 1 N–H and O–H groups in total. The third-order valence-corrected chi connectivity index (χ3v) is 3.94. The molecule has 0 radical (unpaired) electrons. The standard InChI is InChI=1S/C20H17NO4/c22-20-13-25-19-9-8-15(12-17(19)21-20)23-10-11-24-18-7-3-5-14-4-1-2-6-16(14)18/h1-9,12H,10-11,13H2,(H,21,22). The van der Waals surface area contributed by atoms with E-state index >= 15 is 0 Å². The number of ether oxygens (including phenoxy) is 3. The zero-order valence-electron chi connectivity index (χ0n) is 13.5. The van der Waals surface area contributed by atoms with Crippen LogP contribution in [0.2, 0.25) is 0 Å². The fraction of sp³-hybridized carbons (Fsp3) is 0.150. The fourth-order valence-electron chi connectivity index (χ4n) is 2.78. The molecule has 1 heterocycles. The normalized spacial score (nSPS) is 12.9. The molecular weight excluding hydrogens is 318 g/mol. The average molecular weight is 335 g/mol. The number of fused-ring (bicyclic) bond motifs is 2. The number of rotatable bonds is 5. The summed E-state index contributed by atoms with van der Waals surface area (Å²) in [4.78, 5) is 11.4. The molecule has 0 atom stereocenters. The van der Waals surface area contributed by atoms with Gasteiger partial charge < -0.3 is 19.5 Å². The van der Waals surface area contributed by atoms with Crippen molar-refractivity contribution in [3.63, 3.8) is 0 Å². The van der Waals surface area contributed by atoms with E-state index in [9.17, 15) is 4.79 Å². The Morgan fingerprint density at radius 2 is 1.80 bits per heavy atom. The minimum absolute atomic E-state index is 0.0477. The lowest BCUT2D eigenvalue weighted by molar-refractivity contribution is -0.118. The Morgan fingerprint density at radius 3 is 2.76 bits per heavy atom. The molecule has 126 valence electrons. The fourth-order valence-corrected chi connectivity index (χ4v) is 2.78. The van der Waals surface area contributed by atoms with Gasteiger partial charge in [-0.25, -0.2) is 0 Å². The zero-order chi connectivity index (χ0) is 17.1. The summed E-state index contributed by atoms with van der Waals surface area (Å²) in [7, 11) is 0. The van der Waals surface area contributed by atoms with Crippen LogP contribution in [0.5, 0.6) is 17.2 Å². The second-order valence-electron chi connectivity index (χ2n) is 5.67. The highest BCUT2D eigenvalue weighted by molar-refractivity contribution is 5.95. The first-order chi connectivity index (χ1) is 12.3. The summed E-state index contributed by atoms with van der Waals surface area (Å²) in [5, 5.41) is 4.99. The molecule has 3 aromatic rings. The minimum atomic E-state index is -0.163. The maximum Gasteiger partial charge on any atom is 0.262 e. The third-order valence-electron chi connectivity index (χ3n) is 3.94. The number of anilines is 1. The van der Waals surface area contributed by atoms with E-state index in [0.29, 0.717) is 30.4 Å². The van der Waals surface area contributed by atoms with Gasteiger partial charge in [0.15, 0.2) is 6.61 Å². The highest BCUT2D eigenvalue weighted by Crippen LogP contribution is 2.31. The van der Waals surface area contributed by atoms with Gasteiger partial charge in [-0.1, -0.05) is 36.4 Å². The zero-order valence-corrected chi connectivity index (χ0v) is 13.5. The predicted octanol–water partition coefficient (Wildman–Crippen LogP) is 3.63. The average Bonchev–Trinajstić information content (AvgIpc) is 2.65. The Morgan fingerprint density at radius 1 is 0.960 bits per heavy atom. The minimum Gasteiger partial charge on any atom is -0.490 e. The first kappa shape index (κ1) is 15.3. The molecule has 5 heteroatoms. The van der Waals surface area contributed by atoms with Crippen LogP contribution in [0.4, 0.5) is 5.69 Å². The van der Waals surface area contributed by atoms with Gasteiger partial charge in [0.05, 0.1) is 5.69 Å². The summed E-state index contributed by atoms with van der Waals surface area (Å²) >= 11 is 0. The molecule has 0 aliphatic carbocycles. The van der Waals surface area contributed by atoms with Crippen molar-refractivity contribution >= 4 is 22.4 Å². The first-order valence-electron chi connectivity index (χ1n) is 8.10. The maximum atomic E-state index is 11.4. The third kappa shape index (κ3) is 3.35. The van der Waals surface area contributed by atoms with Crippen LogP contribution in [-0.2, 0) is 4.79 Å². The summed E-state index contributed by atoms with van der Waals surface area (Å²) in [6, 6.07) is 19.4. The van der Waals surface area contributed by atoms with Gasteiger partial charge in [0, 0.05) is 11.5 Å². The molecule has 25 heavy (non-hydrogen) atoms. The summed E-state index contributed by atoms with van der Waals surface area (Å²) in [5.74, 6) is 1.99. The number of carbonyl (C=O) groups is 1. The molecule has 0 unspecified atom stereocenters. The molecule has 0 saturated heterocycles. The van der Waals surface area contributed by atoms with Crippen LogP contribution in [0.15, 0.2) is 60.7 Å². The van der Waals surface area contributed by atoms with Crippen LogP contribution in [0.3, 0.4) is 0 Å². The van der Waals surface area contributed by atoms with Gasteiger partial charge in [0.25, 0.3) is 5.91 Å². The van der Waals surface area contributed by atoms with Gasteiger partial charge in [-0.15, -0.1) is 0 Å². The molecule has 5 nitrogen and oxygen atoms in total. The molecule has 0 saturated carbocycles. The molecule has 1 aliphatic rings. The van der Waals surface area contributed by atoms with E-state index in [-0.39, 0.29) is 12.5 Å². The van der Waals surface area contributed by atoms with Crippen molar-refractivity contribution in [3.8, 4) is 17.2 Å². The Balaban J connectivity index is 1.36. The van der Waals surface area contributed by atoms with E-state index in [0.717, 1.165) is 16.5 Å².